The molecule has 2 spiro atoms. The van der Waals surface area contributed by atoms with E-state index in [9.17, 15) is 0 Å². The van der Waals surface area contributed by atoms with E-state index in [0.29, 0.717) is 13.2 Å². The van der Waals surface area contributed by atoms with Crippen molar-refractivity contribution in [2.24, 2.45) is 0 Å². The molecule has 204 valence electrons. The first kappa shape index (κ1) is 25.2. The number of fused-ring (bicyclic) bond motifs is 2. The lowest BCUT2D eigenvalue weighted by atomic mass is 9.84. The number of benzene rings is 2. The van der Waals surface area contributed by atoms with Gasteiger partial charge in [-0.2, -0.15) is 0 Å². The minimum absolute atomic E-state index is 0.263. The topological polar surface area (TPSA) is 55.4 Å². The Morgan fingerprint density at radius 3 is 1.18 bits per heavy atom. The summed E-state index contributed by atoms with van der Waals surface area (Å²) in [6, 6.07) is 20.7. The maximum atomic E-state index is 6.90. The molecule has 2 aromatic carbocycles. The van der Waals surface area contributed by atoms with Crippen molar-refractivity contribution in [1.82, 2.24) is 0 Å². The lowest BCUT2D eigenvalue weighted by Crippen LogP contribution is -2.62. The zero-order chi connectivity index (χ0) is 25.4. The SMILES string of the molecule is c1ccc(COC2C3OC4(CCCCC4)O[C@H]3C(OCc3ccccc3)C3OC4(CCCCC4)O[C@H]23)cc1. The van der Waals surface area contributed by atoms with E-state index < -0.39 is 11.6 Å². The van der Waals surface area contributed by atoms with E-state index >= 15 is 0 Å². The highest BCUT2D eigenvalue weighted by atomic mass is 16.8. The van der Waals surface area contributed by atoms with Crippen molar-refractivity contribution in [1.29, 1.82) is 0 Å². The summed E-state index contributed by atoms with van der Waals surface area (Å²) >= 11 is 0. The summed E-state index contributed by atoms with van der Waals surface area (Å²) in [5, 5.41) is 0. The van der Waals surface area contributed by atoms with Crippen LogP contribution in [0.2, 0.25) is 0 Å². The van der Waals surface area contributed by atoms with Crippen molar-refractivity contribution < 1.29 is 28.4 Å². The van der Waals surface area contributed by atoms with Crippen molar-refractivity contribution in [3.05, 3.63) is 71.8 Å². The van der Waals surface area contributed by atoms with Crippen LogP contribution in [-0.4, -0.2) is 48.2 Å². The van der Waals surface area contributed by atoms with E-state index in [1.807, 2.05) is 12.1 Å². The van der Waals surface area contributed by atoms with Crippen LogP contribution in [0.25, 0.3) is 0 Å². The van der Waals surface area contributed by atoms with Gasteiger partial charge in [-0.05, 0) is 36.8 Å². The Labute approximate surface area is 225 Å². The average molecular weight is 521 g/mol. The van der Waals surface area contributed by atoms with Crippen LogP contribution in [0, 0.1) is 0 Å². The number of ether oxygens (including phenoxy) is 6. The first-order valence-electron chi connectivity index (χ1n) is 14.8. The van der Waals surface area contributed by atoms with Crippen LogP contribution in [0.5, 0.6) is 0 Å². The smallest absolute Gasteiger partial charge is 0.169 e. The Bertz CT molecular complexity index is 935. The van der Waals surface area contributed by atoms with Crippen molar-refractivity contribution in [2.45, 2.75) is 126 Å². The molecule has 6 atom stereocenters. The standard InChI is InChI=1S/C32H40O6/c1-5-13-23(14-6-1)21-33-25-27-29(37-31(35-27)17-9-3-10-18-31)26(34-22-24-15-7-2-8-16-24)30-28(25)36-32(38-30)19-11-4-12-20-32/h1-2,5-8,13-16,25-30H,3-4,9-12,17-22H2/t25?,26?,27-,28?,29?,30+. The maximum Gasteiger partial charge on any atom is 0.169 e. The summed E-state index contributed by atoms with van der Waals surface area (Å²) in [4.78, 5) is 0. The molecule has 0 N–H and O–H groups in total. The van der Waals surface area contributed by atoms with Gasteiger partial charge in [-0.15, -0.1) is 0 Å². The van der Waals surface area contributed by atoms with Gasteiger partial charge in [0.15, 0.2) is 11.6 Å². The molecule has 5 aliphatic rings. The quantitative estimate of drug-likeness (QED) is 0.462. The molecule has 5 fully saturated rings. The highest BCUT2D eigenvalue weighted by molar-refractivity contribution is 5.16. The lowest BCUT2D eigenvalue weighted by molar-refractivity contribution is -0.229. The van der Waals surface area contributed by atoms with Gasteiger partial charge in [0.2, 0.25) is 0 Å². The summed E-state index contributed by atoms with van der Waals surface area (Å²) in [5.41, 5.74) is 2.28. The fraction of sp³-hybridized carbons (Fsp3) is 0.625. The van der Waals surface area contributed by atoms with E-state index in [-0.39, 0.29) is 36.6 Å². The first-order chi connectivity index (χ1) is 18.7. The molecule has 7 rings (SSSR count). The van der Waals surface area contributed by atoms with Gasteiger partial charge < -0.3 is 28.4 Å². The summed E-state index contributed by atoms with van der Waals surface area (Å²) in [5.74, 6) is -1.12. The fourth-order valence-electron chi connectivity index (χ4n) is 7.27. The largest absolute Gasteiger partial charge is 0.368 e. The van der Waals surface area contributed by atoms with E-state index in [2.05, 4.69) is 48.5 Å². The first-order valence-corrected chi connectivity index (χ1v) is 14.8. The van der Waals surface area contributed by atoms with Crippen LogP contribution in [0.1, 0.15) is 75.3 Å². The van der Waals surface area contributed by atoms with Crippen LogP contribution in [-0.2, 0) is 41.6 Å². The molecule has 0 amide bonds. The van der Waals surface area contributed by atoms with Crippen LogP contribution in [0.15, 0.2) is 60.7 Å². The molecule has 0 bridgehead atoms. The Morgan fingerprint density at radius 2 is 0.842 bits per heavy atom. The molecular formula is C32H40O6. The third-order valence-corrected chi connectivity index (χ3v) is 9.15. The van der Waals surface area contributed by atoms with Crippen LogP contribution >= 0.6 is 0 Å². The van der Waals surface area contributed by atoms with Crippen LogP contribution in [0.4, 0.5) is 0 Å². The van der Waals surface area contributed by atoms with Gasteiger partial charge in [0.05, 0.1) is 13.2 Å². The highest BCUT2D eigenvalue weighted by Crippen LogP contribution is 2.52. The lowest BCUT2D eigenvalue weighted by Gasteiger charge is -2.42. The Morgan fingerprint density at radius 1 is 0.500 bits per heavy atom. The second kappa shape index (κ2) is 10.6. The molecule has 6 nitrogen and oxygen atoms in total. The minimum atomic E-state index is -0.558. The normalized spacial score (nSPS) is 35.3. The molecule has 3 aliphatic carbocycles. The van der Waals surface area contributed by atoms with Crippen molar-refractivity contribution >= 4 is 0 Å². The molecule has 0 radical (unpaired) electrons. The average Bonchev–Trinajstić information content (AvgIpc) is 3.50. The molecule has 3 saturated carbocycles. The van der Waals surface area contributed by atoms with E-state index in [1.54, 1.807) is 0 Å². The highest BCUT2D eigenvalue weighted by Gasteiger charge is 2.66. The van der Waals surface area contributed by atoms with Crippen molar-refractivity contribution in [3.63, 3.8) is 0 Å². The van der Waals surface area contributed by atoms with Gasteiger partial charge in [-0.3, -0.25) is 0 Å². The zero-order valence-electron chi connectivity index (χ0n) is 22.2. The minimum Gasteiger partial charge on any atom is -0.368 e. The molecule has 2 heterocycles. The van der Waals surface area contributed by atoms with Gasteiger partial charge in [-0.25, -0.2) is 0 Å². The Hall–Kier alpha value is -1.80. The third kappa shape index (κ3) is 4.85. The van der Waals surface area contributed by atoms with Gasteiger partial charge in [0.1, 0.15) is 36.6 Å². The monoisotopic (exact) mass is 520 g/mol. The predicted octanol–water partition coefficient (Wildman–Crippen LogP) is 6.06. The number of rotatable bonds is 6. The molecule has 0 aromatic heterocycles. The van der Waals surface area contributed by atoms with Gasteiger partial charge in [0, 0.05) is 25.7 Å². The zero-order valence-corrected chi connectivity index (χ0v) is 22.2. The predicted molar refractivity (Wildman–Crippen MR) is 141 cm³/mol. The third-order valence-electron chi connectivity index (χ3n) is 9.15. The van der Waals surface area contributed by atoms with Crippen molar-refractivity contribution in [3.8, 4) is 0 Å². The molecule has 2 aromatic rings. The van der Waals surface area contributed by atoms with Crippen molar-refractivity contribution in [2.75, 3.05) is 0 Å². The van der Waals surface area contributed by atoms with Crippen LogP contribution < -0.4 is 0 Å². The van der Waals surface area contributed by atoms with E-state index in [1.165, 1.54) is 12.8 Å². The molecule has 38 heavy (non-hydrogen) atoms. The second-order valence-electron chi connectivity index (χ2n) is 11.8. The molecule has 6 heteroatoms. The number of hydrogen-bond donors (Lipinski definition) is 0. The fourth-order valence-corrected chi connectivity index (χ4v) is 7.27. The molecule has 2 saturated heterocycles. The van der Waals surface area contributed by atoms with E-state index in [0.717, 1.165) is 62.5 Å². The van der Waals surface area contributed by atoms with Gasteiger partial charge >= 0.3 is 0 Å². The molecule has 2 aliphatic heterocycles. The summed E-state index contributed by atoms with van der Waals surface area (Å²) < 4.78 is 41.0. The van der Waals surface area contributed by atoms with Gasteiger partial charge in [-0.1, -0.05) is 73.5 Å². The molecule has 4 unspecified atom stereocenters. The Balaban J connectivity index is 1.20. The summed E-state index contributed by atoms with van der Waals surface area (Å²) in [6.45, 7) is 1.00. The summed E-state index contributed by atoms with van der Waals surface area (Å²) in [6.07, 6.45) is 8.96. The van der Waals surface area contributed by atoms with Crippen LogP contribution in [0.3, 0.4) is 0 Å². The molecular weight excluding hydrogens is 480 g/mol. The maximum absolute atomic E-state index is 6.90. The van der Waals surface area contributed by atoms with E-state index in [4.69, 9.17) is 28.4 Å². The number of hydrogen-bond acceptors (Lipinski definition) is 6. The van der Waals surface area contributed by atoms with Gasteiger partial charge in [0.25, 0.3) is 0 Å². The Kier molecular flexibility index (Phi) is 7.05. The second-order valence-corrected chi connectivity index (χ2v) is 11.8. The summed E-state index contributed by atoms with van der Waals surface area (Å²) in [7, 11) is 0.